The number of hydrogen-bond donors (Lipinski definition) is 1. The third kappa shape index (κ3) is 1.27. The van der Waals surface area contributed by atoms with Crippen LogP contribution in [0.15, 0.2) is 22.7 Å². The van der Waals surface area contributed by atoms with E-state index in [1.807, 2.05) is 25.1 Å². The van der Waals surface area contributed by atoms with Crippen LogP contribution in [0, 0.1) is 0 Å². The molecule has 0 saturated heterocycles. The molecule has 0 bridgehead atoms. The Morgan fingerprint density at radius 2 is 2.31 bits per heavy atom. The van der Waals surface area contributed by atoms with Crippen molar-refractivity contribution in [3.63, 3.8) is 0 Å². The van der Waals surface area contributed by atoms with Gasteiger partial charge < -0.3 is 5.32 Å². The van der Waals surface area contributed by atoms with Crippen LogP contribution >= 0.6 is 15.9 Å². The molecule has 0 aromatic heterocycles. The van der Waals surface area contributed by atoms with E-state index in [2.05, 4.69) is 21.2 Å². The topological polar surface area (TPSA) is 29.1 Å². The quantitative estimate of drug-likeness (QED) is 0.803. The van der Waals surface area contributed by atoms with Crippen molar-refractivity contribution in [3.8, 4) is 0 Å². The Bertz CT molecular complexity index is 362. The van der Waals surface area contributed by atoms with E-state index in [4.69, 9.17) is 0 Å². The molecular formula is C10H10BrNO. The van der Waals surface area contributed by atoms with Crippen LogP contribution in [-0.2, 0) is 4.79 Å². The number of anilines is 1. The van der Waals surface area contributed by atoms with E-state index >= 15 is 0 Å². The molecule has 1 amide bonds. The van der Waals surface area contributed by atoms with Gasteiger partial charge in [0.15, 0.2) is 0 Å². The summed E-state index contributed by atoms with van der Waals surface area (Å²) in [4.78, 5) is 11.5. The van der Waals surface area contributed by atoms with Gasteiger partial charge in [0.2, 0.25) is 5.91 Å². The van der Waals surface area contributed by atoms with E-state index in [1.54, 1.807) is 0 Å². The van der Waals surface area contributed by atoms with Gasteiger partial charge >= 0.3 is 0 Å². The second-order valence-electron chi connectivity index (χ2n) is 3.15. The molecule has 1 atom stereocenters. The lowest BCUT2D eigenvalue weighted by molar-refractivity contribution is -0.117. The predicted octanol–water partition coefficient (Wildman–Crippen LogP) is 2.89. The first kappa shape index (κ1) is 8.75. The predicted molar refractivity (Wildman–Crippen MR) is 55.8 cm³/mol. The Morgan fingerprint density at radius 1 is 1.54 bits per heavy atom. The number of benzene rings is 1. The lowest BCUT2D eigenvalue weighted by Gasteiger charge is -2.03. The lowest BCUT2D eigenvalue weighted by atomic mass is 9.98. The number of hydrogen-bond acceptors (Lipinski definition) is 1. The molecule has 0 fully saturated rings. The monoisotopic (exact) mass is 239 g/mol. The molecule has 1 aromatic carbocycles. The average Bonchev–Trinajstić information content (AvgIpc) is 2.43. The van der Waals surface area contributed by atoms with Crippen molar-refractivity contribution < 1.29 is 4.79 Å². The highest BCUT2D eigenvalue weighted by Gasteiger charge is 2.29. The van der Waals surface area contributed by atoms with Crippen LogP contribution in [0.4, 0.5) is 5.69 Å². The summed E-state index contributed by atoms with van der Waals surface area (Å²) in [6.45, 7) is 2.03. The van der Waals surface area contributed by atoms with Crippen LogP contribution in [0.25, 0.3) is 0 Å². The number of para-hydroxylation sites is 1. The Hall–Kier alpha value is -0.830. The molecule has 3 heteroatoms. The number of amides is 1. The van der Waals surface area contributed by atoms with Crippen molar-refractivity contribution in [1.29, 1.82) is 0 Å². The molecule has 2 rings (SSSR count). The van der Waals surface area contributed by atoms with Crippen LogP contribution in [-0.4, -0.2) is 5.91 Å². The number of rotatable bonds is 1. The lowest BCUT2D eigenvalue weighted by Crippen LogP contribution is -2.10. The highest BCUT2D eigenvalue weighted by molar-refractivity contribution is 9.10. The number of carbonyl (C=O) groups is 1. The molecule has 1 aromatic rings. The summed E-state index contributed by atoms with van der Waals surface area (Å²) in [7, 11) is 0. The SMILES string of the molecule is CCC1C(=O)Nc2c(Br)cccc21. The first-order valence-electron chi connectivity index (χ1n) is 4.33. The minimum atomic E-state index is 0.0347. The molecule has 13 heavy (non-hydrogen) atoms. The zero-order chi connectivity index (χ0) is 9.42. The summed E-state index contributed by atoms with van der Waals surface area (Å²) in [5.74, 6) is 0.150. The van der Waals surface area contributed by atoms with Crippen LogP contribution in [0.5, 0.6) is 0 Å². The molecule has 1 aliphatic rings. The smallest absolute Gasteiger partial charge is 0.232 e. The van der Waals surface area contributed by atoms with Crippen molar-refractivity contribution in [2.24, 2.45) is 0 Å². The normalized spacial score (nSPS) is 19.8. The van der Waals surface area contributed by atoms with E-state index < -0.39 is 0 Å². The number of halogens is 1. The van der Waals surface area contributed by atoms with Crippen molar-refractivity contribution in [3.05, 3.63) is 28.2 Å². The Balaban J connectivity index is 2.54. The Labute approximate surface area is 85.5 Å². The van der Waals surface area contributed by atoms with E-state index in [0.29, 0.717) is 0 Å². The Kier molecular flexibility index (Phi) is 2.12. The maximum atomic E-state index is 11.5. The minimum Gasteiger partial charge on any atom is -0.324 e. The van der Waals surface area contributed by atoms with E-state index in [9.17, 15) is 4.79 Å². The average molecular weight is 240 g/mol. The zero-order valence-corrected chi connectivity index (χ0v) is 8.89. The third-order valence-corrected chi connectivity index (χ3v) is 3.06. The highest BCUT2D eigenvalue weighted by atomic mass is 79.9. The Morgan fingerprint density at radius 3 is 3.00 bits per heavy atom. The van der Waals surface area contributed by atoms with Gasteiger partial charge in [0.25, 0.3) is 0 Å². The maximum Gasteiger partial charge on any atom is 0.232 e. The van der Waals surface area contributed by atoms with Gasteiger partial charge in [-0.05, 0) is 34.0 Å². The summed E-state index contributed by atoms with van der Waals surface area (Å²) in [6.07, 6.45) is 0.856. The standard InChI is InChI=1S/C10H10BrNO/c1-2-6-7-4-3-5-8(11)9(7)12-10(6)13/h3-6H,2H2,1H3,(H,12,13). The van der Waals surface area contributed by atoms with Gasteiger partial charge in [0, 0.05) is 4.47 Å². The van der Waals surface area contributed by atoms with Crippen molar-refractivity contribution in [2.45, 2.75) is 19.3 Å². The summed E-state index contributed by atoms with van der Waals surface area (Å²) in [5.41, 5.74) is 2.06. The first-order valence-corrected chi connectivity index (χ1v) is 5.12. The first-order chi connectivity index (χ1) is 6.24. The van der Waals surface area contributed by atoms with Gasteiger partial charge in [-0.3, -0.25) is 4.79 Å². The second-order valence-corrected chi connectivity index (χ2v) is 4.01. The van der Waals surface area contributed by atoms with Crippen LogP contribution in [0.1, 0.15) is 24.8 Å². The molecule has 0 radical (unpaired) electrons. The van der Waals surface area contributed by atoms with E-state index in [0.717, 1.165) is 22.1 Å². The third-order valence-electron chi connectivity index (χ3n) is 2.39. The van der Waals surface area contributed by atoms with Gasteiger partial charge in [0.1, 0.15) is 0 Å². The van der Waals surface area contributed by atoms with Gasteiger partial charge in [-0.1, -0.05) is 19.1 Å². The van der Waals surface area contributed by atoms with Crippen molar-refractivity contribution in [1.82, 2.24) is 0 Å². The summed E-state index contributed by atoms with van der Waals surface area (Å²) < 4.78 is 0.967. The molecule has 1 unspecified atom stereocenters. The molecule has 1 aliphatic heterocycles. The molecule has 0 aliphatic carbocycles. The van der Waals surface area contributed by atoms with Crippen molar-refractivity contribution in [2.75, 3.05) is 5.32 Å². The van der Waals surface area contributed by atoms with E-state index in [1.165, 1.54) is 0 Å². The number of nitrogens with one attached hydrogen (secondary N) is 1. The minimum absolute atomic E-state index is 0.0347. The summed E-state index contributed by atoms with van der Waals surface area (Å²) >= 11 is 3.42. The second kappa shape index (κ2) is 3.14. The maximum absolute atomic E-state index is 11.5. The van der Waals surface area contributed by atoms with Crippen LogP contribution < -0.4 is 5.32 Å². The van der Waals surface area contributed by atoms with Crippen LogP contribution in [0.2, 0.25) is 0 Å². The fourth-order valence-electron chi connectivity index (χ4n) is 1.72. The molecule has 0 saturated carbocycles. The van der Waals surface area contributed by atoms with Crippen molar-refractivity contribution >= 4 is 27.5 Å². The largest absolute Gasteiger partial charge is 0.324 e. The van der Waals surface area contributed by atoms with Gasteiger partial charge in [-0.25, -0.2) is 0 Å². The zero-order valence-electron chi connectivity index (χ0n) is 7.30. The number of carbonyl (C=O) groups excluding carboxylic acids is 1. The molecule has 0 spiro atoms. The number of fused-ring (bicyclic) bond motifs is 1. The summed E-state index contributed by atoms with van der Waals surface area (Å²) in [5, 5.41) is 2.88. The molecule has 2 nitrogen and oxygen atoms in total. The molecule has 68 valence electrons. The van der Waals surface area contributed by atoms with E-state index in [-0.39, 0.29) is 11.8 Å². The van der Waals surface area contributed by atoms with Crippen LogP contribution in [0.3, 0.4) is 0 Å². The fraction of sp³-hybridized carbons (Fsp3) is 0.300. The highest BCUT2D eigenvalue weighted by Crippen LogP contribution is 2.38. The molecule has 1 heterocycles. The van der Waals surface area contributed by atoms with Gasteiger partial charge in [-0.15, -0.1) is 0 Å². The molecule has 1 N–H and O–H groups in total. The van der Waals surface area contributed by atoms with Gasteiger partial charge in [0.05, 0.1) is 11.6 Å². The van der Waals surface area contributed by atoms with Gasteiger partial charge in [-0.2, -0.15) is 0 Å². The fourth-order valence-corrected chi connectivity index (χ4v) is 2.20. The summed E-state index contributed by atoms with van der Waals surface area (Å²) in [6, 6.07) is 5.91. The molecular weight excluding hydrogens is 230 g/mol.